The molecule has 0 heterocycles. The van der Waals surface area contributed by atoms with Crippen LogP contribution in [0.25, 0.3) is 75.4 Å². The lowest BCUT2D eigenvalue weighted by Gasteiger charge is -2.11. The SMILES string of the molecule is Oc1cccc2cc3cc4c(ccc5cc6cc7cc8ccccc8cc7cc6cc54)cc3cc12. The molecule has 0 amide bonds. The van der Waals surface area contributed by atoms with Gasteiger partial charge in [0.2, 0.25) is 0 Å². The molecule has 0 aliphatic rings. The normalized spacial score (nSPS) is 12.1. The number of hydrogen-bond donors (Lipinski definition) is 1. The fourth-order valence-electron chi connectivity index (χ4n) is 5.76. The van der Waals surface area contributed by atoms with Crippen molar-refractivity contribution in [1.29, 1.82) is 0 Å². The zero-order valence-corrected chi connectivity index (χ0v) is 18.9. The summed E-state index contributed by atoms with van der Waals surface area (Å²) in [5.41, 5.74) is 0. The average Bonchev–Trinajstić information content (AvgIpc) is 2.88. The number of phenols is 1. The van der Waals surface area contributed by atoms with Crippen LogP contribution in [0.5, 0.6) is 5.75 Å². The first-order valence-corrected chi connectivity index (χ1v) is 12.0. The predicted octanol–water partition coefficient (Wildman–Crippen LogP) is 9.46. The van der Waals surface area contributed by atoms with Gasteiger partial charge in [-0.3, -0.25) is 0 Å². The van der Waals surface area contributed by atoms with E-state index in [0.717, 1.165) is 16.2 Å². The van der Waals surface area contributed by atoms with E-state index < -0.39 is 0 Å². The van der Waals surface area contributed by atoms with Crippen molar-refractivity contribution < 1.29 is 5.11 Å². The highest BCUT2D eigenvalue weighted by Gasteiger charge is 2.09. The summed E-state index contributed by atoms with van der Waals surface area (Å²) in [5.74, 6) is 0.328. The van der Waals surface area contributed by atoms with E-state index in [0.29, 0.717) is 5.75 Å². The van der Waals surface area contributed by atoms with Gasteiger partial charge in [0.1, 0.15) is 5.75 Å². The summed E-state index contributed by atoms with van der Waals surface area (Å²) >= 11 is 0. The Morgan fingerprint density at radius 3 is 1.20 bits per heavy atom. The third kappa shape index (κ3) is 2.76. The lowest BCUT2D eigenvalue weighted by molar-refractivity contribution is 0.481. The number of hydrogen-bond acceptors (Lipinski definition) is 1. The van der Waals surface area contributed by atoms with Gasteiger partial charge in [-0.05, 0) is 137 Å². The lowest BCUT2D eigenvalue weighted by Crippen LogP contribution is -1.84. The smallest absolute Gasteiger partial charge is 0.123 e. The van der Waals surface area contributed by atoms with Crippen LogP contribution in [0.15, 0.2) is 115 Å². The molecular formula is C34H20O. The number of rotatable bonds is 0. The Kier molecular flexibility index (Phi) is 3.60. The fraction of sp³-hybridized carbons (Fsp3) is 0. The van der Waals surface area contributed by atoms with E-state index in [2.05, 4.69) is 103 Å². The van der Waals surface area contributed by atoms with E-state index in [1.807, 2.05) is 6.07 Å². The standard InChI is InChI=1S/C34H20O/c35-34-7-3-6-22-12-28-17-31-24(14-29(28)19-33(22)34)9-8-23-13-27-15-25-10-20-4-1-2-5-21(20)11-26(25)16-30(27)18-32(23)31/h1-19,35H. The predicted molar refractivity (Wildman–Crippen MR) is 151 cm³/mol. The van der Waals surface area contributed by atoms with Crippen LogP contribution in [0.3, 0.4) is 0 Å². The molecule has 8 rings (SSSR count). The molecule has 0 spiro atoms. The van der Waals surface area contributed by atoms with E-state index in [9.17, 15) is 5.11 Å². The van der Waals surface area contributed by atoms with Crippen LogP contribution in [0, 0.1) is 0 Å². The molecule has 0 saturated heterocycles. The second kappa shape index (κ2) is 6.71. The first-order chi connectivity index (χ1) is 17.2. The van der Waals surface area contributed by atoms with E-state index in [4.69, 9.17) is 0 Å². The minimum Gasteiger partial charge on any atom is -0.507 e. The highest BCUT2D eigenvalue weighted by molar-refractivity contribution is 6.17. The Hall–Kier alpha value is -4.62. The fourth-order valence-corrected chi connectivity index (χ4v) is 5.76. The second-order valence-electron chi connectivity index (χ2n) is 9.66. The number of benzene rings is 8. The zero-order chi connectivity index (χ0) is 23.1. The largest absolute Gasteiger partial charge is 0.507 e. The van der Waals surface area contributed by atoms with Gasteiger partial charge in [0, 0.05) is 5.39 Å². The molecular weight excluding hydrogens is 424 g/mol. The molecule has 0 aliphatic heterocycles. The van der Waals surface area contributed by atoms with Crippen LogP contribution in [0.2, 0.25) is 0 Å². The minimum absolute atomic E-state index is 0.328. The molecule has 1 N–H and O–H groups in total. The summed E-state index contributed by atoms with van der Waals surface area (Å²) < 4.78 is 0. The Morgan fingerprint density at radius 2 is 0.657 bits per heavy atom. The molecule has 8 aromatic carbocycles. The van der Waals surface area contributed by atoms with Gasteiger partial charge in [0.05, 0.1) is 0 Å². The van der Waals surface area contributed by atoms with Crippen molar-refractivity contribution in [2.75, 3.05) is 0 Å². The van der Waals surface area contributed by atoms with Gasteiger partial charge < -0.3 is 5.11 Å². The molecule has 0 atom stereocenters. The van der Waals surface area contributed by atoms with Gasteiger partial charge in [-0.1, -0.05) is 48.5 Å². The third-order valence-corrected chi connectivity index (χ3v) is 7.54. The maximum Gasteiger partial charge on any atom is 0.123 e. The summed E-state index contributed by atoms with van der Waals surface area (Å²) in [4.78, 5) is 0. The molecule has 0 radical (unpaired) electrons. The van der Waals surface area contributed by atoms with Crippen LogP contribution >= 0.6 is 0 Å². The first-order valence-electron chi connectivity index (χ1n) is 12.0. The van der Waals surface area contributed by atoms with Crippen molar-refractivity contribution in [3.05, 3.63) is 115 Å². The molecule has 8 aromatic rings. The van der Waals surface area contributed by atoms with Gasteiger partial charge >= 0.3 is 0 Å². The molecule has 1 nitrogen and oxygen atoms in total. The monoisotopic (exact) mass is 444 g/mol. The summed E-state index contributed by atoms with van der Waals surface area (Å²) in [6.45, 7) is 0. The quantitative estimate of drug-likeness (QED) is 0.182. The van der Waals surface area contributed by atoms with E-state index >= 15 is 0 Å². The first kappa shape index (κ1) is 18.8. The molecule has 35 heavy (non-hydrogen) atoms. The summed E-state index contributed by atoms with van der Waals surface area (Å²) in [7, 11) is 0. The van der Waals surface area contributed by atoms with Gasteiger partial charge in [-0.25, -0.2) is 0 Å². The van der Waals surface area contributed by atoms with Gasteiger partial charge in [0.15, 0.2) is 0 Å². The topological polar surface area (TPSA) is 20.2 Å². The van der Waals surface area contributed by atoms with E-state index in [-0.39, 0.29) is 0 Å². The van der Waals surface area contributed by atoms with Crippen LogP contribution in [-0.4, -0.2) is 5.11 Å². The maximum atomic E-state index is 10.3. The van der Waals surface area contributed by atoms with Crippen molar-refractivity contribution >= 4 is 75.4 Å². The van der Waals surface area contributed by atoms with Crippen LogP contribution < -0.4 is 0 Å². The van der Waals surface area contributed by atoms with E-state index in [1.165, 1.54) is 59.2 Å². The highest BCUT2D eigenvalue weighted by Crippen LogP contribution is 2.36. The van der Waals surface area contributed by atoms with Gasteiger partial charge in [-0.2, -0.15) is 0 Å². The maximum absolute atomic E-state index is 10.3. The number of fused-ring (bicyclic) bond motifs is 8. The molecule has 0 saturated carbocycles. The number of aromatic hydroxyl groups is 1. The molecule has 0 unspecified atom stereocenters. The van der Waals surface area contributed by atoms with Crippen molar-refractivity contribution in [2.24, 2.45) is 0 Å². The highest BCUT2D eigenvalue weighted by atomic mass is 16.3. The number of phenolic OH excluding ortho intramolecular Hbond substituents is 1. The molecule has 1 heteroatoms. The molecule has 0 aliphatic carbocycles. The Bertz CT molecular complexity index is 2170. The zero-order valence-electron chi connectivity index (χ0n) is 18.9. The summed E-state index contributed by atoms with van der Waals surface area (Å²) in [6.07, 6.45) is 0. The third-order valence-electron chi connectivity index (χ3n) is 7.54. The van der Waals surface area contributed by atoms with Gasteiger partial charge in [0.25, 0.3) is 0 Å². The lowest BCUT2D eigenvalue weighted by atomic mass is 9.93. The Labute approximate surface area is 201 Å². The molecule has 0 fully saturated rings. The Balaban J connectivity index is 1.44. The molecule has 162 valence electrons. The average molecular weight is 445 g/mol. The summed E-state index contributed by atoms with van der Waals surface area (Å²) in [6, 6.07) is 41.5. The van der Waals surface area contributed by atoms with Crippen molar-refractivity contribution in [2.45, 2.75) is 0 Å². The second-order valence-corrected chi connectivity index (χ2v) is 9.66. The Morgan fingerprint density at radius 1 is 0.286 bits per heavy atom. The van der Waals surface area contributed by atoms with Crippen molar-refractivity contribution in [3.63, 3.8) is 0 Å². The molecule has 0 aromatic heterocycles. The molecule has 0 bridgehead atoms. The van der Waals surface area contributed by atoms with Gasteiger partial charge in [-0.15, -0.1) is 0 Å². The van der Waals surface area contributed by atoms with Crippen LogP contribution in [0.4, 0.5) is 0 Å². The van der Waals surface area contributed by atoms with Crippen molar-refractivity contribution in [3.8, 4) is 5.75 Å². The van der Waals surface area contributed by atoms with Crippen LogP contribution in [0.1, 0.15) is 0 Å². The van der Waals surface area contributed by atoms with Crippen LogP contribution in [-0.2, 0) is 0 Å². The van der Waals surface area contributed by atoms with Crippen molar-refractivity contribution in [1.82, 2.24) is 0 Å². The van der Waals surface area contributed by atoms with E-state index in [1.54, 1.807) is 6.07 Å². The summed E-state index contributed by atoms with van der Waals surface area (Å²) in [5, 5.41) is 27.2. The minimum atomic E-state index is 0.328.